The summed E-state index contributed by atoms with van der Waals surface area (Å²) in [5.74, 6) is 0.881. The zero-order valence-corrected chi connectivity index (χ0v) is 24.5. The van der Waals surface area contributed by atoms with E-state index in [1.807, 2.05) is 0 Å². The standard InChI is InChI=1S/C31H50O7/c1-8-20-23-16-19(38-29(35)37-9-2)14-15-30(23,5)26-25(28(20)34)22-12-11-21(17(3)10-13-24(32)36-7)31(22,6)18(4)27(26)33/h17-23,25-27,33H,8-16H2,1-7H3/t17-,18?,19-,20-,21?,22?,23+,25?,26?,27+,30+,31-/m1/s1. The lowest BCUT2D eigenvalue weighted by atomic mass is 9.39. The van der Waals surface area contributed by atoms with Crippen molar-refractivity contribution >= 4 is 17.9 Å². The summed E-state index contributed by atoms with van der Waals surface area (Å²) in [6.45, 7) is 13.2. The van der Waals surface area contributed by atoms with Crippen molar-refractivity contribution in [2.75, 3.05) is 13.7 Å². The van der Waals surface area contributed by atoms with Gasteiger partial charge in [-0.2, -0.15) is 0 Å². The lowest BCUT2D eigenvalue weighted by molar-refractivity contribution is -0.215. The van der Waals surface area contributed by atoms with Gasteiger partial charge in [0.25, 0.3) is 0 Å². The largest absolute Gasteiger partial charge is 0.508 e. The molecule has 0 heterocycles. The molecule has 7 heteroatoms. The summed E-state index contributed by atoms with van der Waals surface area (Å²) >= 11 is 0. The molecule has 1 N–H and O–H groups in total. The normalized spacial score (nSPS) is 44.8. The van der Waals surface area contributed by atoms with Crippen molar-refractivity contribution in [2.45, 2.75) is 105 Å². The van der Waals surface area contributed by atoms with Gasteiger partial charge in [0.1, 0.15) is 11.9 Å². The number of ketones is 1. The lowest BCUT2D eigenvalue weighted by Crippen LogP contribution is -2.67. The molecule has 4 rings (SSSR count). The Morgan fingerprint density at radius 3 is 2.47 bits per heavy atom. The fourth-order valence-electron chi connectivity index (χ4n) is 10.1. The molecule has 0 aliphatic heterocycles. The second-order valence-corrected chi connectivity index (χ2v) is 13.3. The number of ether oxygens (including phenoxy) is 3. The number of hydrogen-bond donors (Lipinski definition) is 1. The van der Waals surface area contributed by atoms with Crippen molar-refractivity contribution in [3.63, 3.8) is 0 Å². The maximum Gasteiger partial charge on any atom is 0.508 e. The van der Waals surface area contributed by atoms with Crippen LogP contribution in [0.4, 0.5) is 4.79 Å². The Balaban J connectivity index is 1.63. The Bertz CT molecular complexity index is 903. The first-order valence-corrected chi connectivity index (χ1v) is 15.1. The van der Waals surface area contributed by atoms with Crippen LogP contribution in [0.15, 0.2) is 0 Å². The van der Waals surface area contributed by atoms with Crippen molar-refractivity contribution in [2.24, 2.45) is 58.2 Å². The van der Waals surface area contributed by atoms with Crippen LogP contribution in [0.1, 0.15) is 92.9 Å². The zero-order chi connectivity index (χ0) is 28.0. The summed E-state index contributed by atoms with van der Waals surface area (Å²) in [5.41, 5.74) is -0.338. The average Bonchev–Trinajstić information content (AvgIpc) is 3.24. The van der Waals surface area contributed by atoms with E-state index in [9.17, 15) is 19.5 Å². The smallest absolute Gasteiger partial charge is 0.469 e. The van der Waals surface area contributed by atoms with Crippen LogP contribution < -0.4 is 0 Å². The van der Waals surface area contributed by atoms with Crippen molar-refractivity contribution in [1.82, 2.24) is 0 Å². The topological polar surface area (TPSA) is 99.1 Å². The van der Waals surface area contributed by atoms with Crippen molar-refractivity contribution < 1.29 is 33.7 Å². The van der Waals surface area contributed by atoms with Crippen LogP contribution in [0.5, 0.6) is 0 Å². The van der Waals surface area contributed by atoms with E-state index in [0.29, 0.717) is 30.5 Å². The van der Waals surface area contributed by atoms with E-state index in [-0.39, 0.29) is 65.0 Å². The van der Waals surface area contributed by atoms with Crippen LogP contribution >= 0.6 is 0 Å². The number of esters is 1. The quantitative estimate of drug-likeness (QED) is 0.412. The minimum absolute atomic E-state index is 0.0544. The second-order valence-electron chi connectivity index (χ2n) is 13.3. The van der Waals surface area contributed by atoms with Gasteiger partial charge in [-0.15, -0.1) is 0 Å². The zero-order valence-electron chi connectivity index (χ0n) is 24.5. The Labute approximate surface area is 228 Å². The van der Waals surface area contributed by atoms with Crippen LogP contribution in [0.25, 0.3) is 0 Å². The molecule has 12 atom stereocenters. The van der Waals surface area contributed by atoms with Crippen LogP contribution in [0, 0.1) is 58.2 Å². The molecule has 0 radical (unpaired) electrons. The fourth-order valence-corrected chi connectivity index (χ4v) is 10.1. The third-order valence-electron chi connectivity index (χ3n) is 12.1. The van der Waals surface area contributed by atoms with E-state index in [1.165, 1.54) is 7.11 Å². The molecule has 38 heavy (non-hydrogen) atoms. The molecular formula is C31H50O7. The second kappa shape index (κ2) is 11.1. The number of hydrogen-bond acceptors (Lipinski definition) is 7. The van der Waals surface area contributed by atoms with Gasteiger partial charge in [0.15, 0.2) is 0 Å². The molecule has 0 aromatic rings. The Hall–Kier alpha value is -1.63. The van der Waals surface area contributed by atoms with Gasteiger partial charge in [0.2, 0.25) is 0 Å². The Morgan fingerprint density at radius 2 is 1.84 bits per heavy atom. The molecule has 4 aliphatic carbocycles. The molecule has 0 aromatic carbocycles. The number of rotatable bonds is 7. The van der Waals surface area contributed by atoms with Crippen molar-refractivity contribution in [1.29, 1.82) is 0 Å². The third kappa shape index (κ3) is 4.58. The predicted octanol–water partition coefficient (Wildman–Crippen LogP) is 5.81. The SMILES string of the molecule is CCOC(=O)O[C@@H]1CC[C@]2(C)C3C(C(=O)[C@H](CC)[C@@H]2C1)C1CCC([C@H](C)CCC(=O)OC)[C@@]1(C)C(C)[C@@H]3O. The van der Waals surface area contributed by atoms with Gasteiger partial charge in [0, 0.05) is 24.2 Å². The van der Waals surface area contributed by atoms with Crippen LogP contribution in [0.3, 0.4) is 0 Å². The molecule has 5 unspecified atom stereocenters. The maximum atomic E-state index is 14.4. The maximum absolute atomic E-state index is 14.4. The van der Waals surface area contributed by atoms with E-state index < -0.39 is 12.3 Å². The summed E-state index contributed by atoms with van der Waals surface area (Å²) in [6.07, 6.45) is 4.74. The van der Waals surface area contributed by atoms with Gasteiger partial charge in [-0.1, -0.05) is 34.6 Å². The monoisotopic (exact) mass is 534 g/mol. The third-order valence-corrected chi connectivity index (χ3v) is 12.1. The number of methoxy groups -OCH3 is 1. The highest BCUT2D eigenvalue weighted by Gasteiger charge is 2.69. The number of carbonyl (C=O) groups is 3. The minimum atomic E-state index is -0.630. The van der Waals surface area contributed by atoms with Crippen molar-refractivity contribution in [3.05, 3.63) is 0 Å². The van der Waals surface area contributed by atoms with E-state index in [4.69, 9.17) is 14.2 Å². The fraction of sp³-hybridized carbons (Fsp3) is 0.903. The molecule has 0 amide bonds. The van der Waals surface area contributed by atoms with E-state index >= 15 is 0 Å². The van der Waals surface area contributed by atoms with Gasteiger partial charge >= 0.3 is 12.1 Å². The first-order chi connectivity index (χ1) is 17.9. The highest BCUT2D eigenvalue weighted by molar-refractivity contribution is 5.86. The molecule has 7 nitrogen and oxygen atoms in total. The summed E-state index contributed by atoms with van der Waals surface area (Å²) in [6, 6.07) is 0. The van der Waals surface area contributed by atoms with E-state index in [2.05, 4.69) is 34.6 Å². The first kappa shape index (κ1) is 29.4. The van der Waals surface area contributed by atoms with Crippen LogP contribution in [-0.2, 0) is 23.8 Å². The highest BCUT2D eigenvalue weighted by Crippen LogP contribution is 2.70. The molecule has 4 saturated carbocycles. The number of aliphatic hydroxyl groups excluding tert-OH is 1. The molecule has 0 aromatic heterocycles. The van der Waals surface area contributed by atoms with Gasteiger partial charge in [0.05, 0.1) is 19.8 Å². The van der Waals surface area contributed by atoms with E-state index in [0.717, 1.165) is 38.5 Å². The summed E-state index contributed by atoms with van der Waals surface area (Å²) in [5, 5.41) is 12.1. The Morgan fingerprint density at radius 1 is 1.13 bits per heavy atom. The predicted molar refractivity (Wildman–Crippen MR) is 143 cm³/mol. The average molecular weight is 535 g/mol. The molecule has 0 spiro atoms. The minimum Gasteiger partial charge on any atom is -0.469 e. The summed E-state index contributed by atoms with van der Waals surface area (Å²) in [4.78, 5) is 38.3. The number of carbonyl (C=O) groups excluding carboxylic acids is 3. The summed E-state index contributed by atoms with van der Waals surface area (Å²) < 4.78 is 15.6. The number of aliphatic hydroxyl groups is 1. The molecule has 4 fully saturated rings. The molecule has 0 saturated heterocycles. The molecule has 216 valence electrons. The lowest BCUT2D eigenvalue weighted by Gasteiger charge is -2.65. The molecular weight excluding hydrogens is 484 g/mol. The van der Waals surface area contributed by atoms with Crippen molar-refractivity contribution in [3.8, 4) is 0 Å². The van der Waals surface area contributed by atoms with Crippen LogP contribution in [0.2, 0.25) is 0 Å². The number of Topliss-reactive ketones (excluding diaryl/α,β-unsaturated/α-hetero) is 1. The van der Waals surface area contributed by atoms with Gasteiger partial charge < -0.3 is 19.3 Å². The molecule has 0 bridgehead atoms. The number of fused-ring (bicyclic) bond motifs is 5. The van der Waals surface area contributed by atoms with Gasteiger partial charge in [-0.3, -0.25) is 9.59 Å². The van der Waals surface area contributed by atoms with Gasteiger partial charge in [-0.05, 0) is 92.3 Å². The molecule has 4 aliphatic rings. The van der Waals surface area contributed by atoms with Crippen LogP contribution in [-0.4, -0.2) is 48.9 Å². The van der Waals surface area contributed by atoms with Gasteiger partial charge in [-0.25, -0.2) is 4.79 Å². The van der Waals surface area contributed by atoms with E-state index in [1.54, 1.807) is 6.92 Å². The highest BCUT2D eigenvalue weighted by atomic mass is 16.7. The Kier molecular flexibility index (Phi) is 8.57. The first-order valence-electron chi connectivity index (χ1n) is 15.1. The summed E-state index contributed by atoms with van der Waals surface area (Å²) in [7, 11) is 1.43.